The molecular formula is C13H28N2O2. The number of rotatable bonds is 4. The molecule has 0 aliphatic rings. The first kappa shape index (κ1) is 16.2. The van der Waals surface area contributed by atoms with Gasteiger partial charge >= 0.3 is 6.09 Å². The van der Waals surface area contributed by atoms with Crippen LogP contribution in [0.3, 0.4) is 0 Å². The first-order valence-electron chi connectivity index (χ1n) is 6.21. The molecule has 17 heavy (non-hydrogen) atoms. The first-order chi connectivity index (χ1) is 7.44. The van der Waals surface area contributed by atoms with Gasteiger partial charge in [-0.15, -0.1) is 0 Å². The van der Waals surface area contributed by atoms with Gasteiger partial charge in [0.2, 0.25) is 0 Å². The maximum atomic E-state index is 11.7. The third kappa shape index (κ3) is 7.21. The van der Waals surface area contributed by atoms with E-state index in [9.17, 15) is 4.79 Å². The third-order valence-electron chi connectivity index (χ3n) is 2.48. The maximum absolute atomic E-state index is 11.7. The molecule has 4 nitrogen and oxygen atoms in total. The summed E-state index contributed by atoms with van der Waals surface area (Å²) in [5.74, 6) is 0.504. The Balaban J connectivity index is 4.38. The lowest BCUT2D eigenvalue weighted by Crippen LogP contribution is -2.57. The van der Waals surface area contributed by atoms with Gasteiger partial charge < -0.3 is 15.8 Å². The van der Waals surface area contributed by atoms with Crippen molar-refractivity contribution in [2.24, 2.45) is 11.7 Å². The number of alkyl carbamates (subject to hydrolysis) is 1. The van der Waals surface area contributed by atoms with E-state index in [1.807, 2.05) is 34.6 Å². The van der Waals surface area contributed by atoms with E-state index in [1.165, 1.54) is 0 Å². The Labute approximate surface area is 105 Å². The van der Waals surface area contributed by atoms with E-state index in [0.717, 1.165) is 6.42 Å². The molecule has 0 aromatic carbocycles. The van der Waals surface area contributed by atoms with Gasteiger partial charge in [-0.25, -0.2) is 4.79 Å². The van der Waals surface area contributed by atoms with Gasteiger partial charge in [-0.1, -0.05) is 13.8 Å². The molecule has 4 heteroatoms. The predicted molar refractivity (Wildman–Crippen MR) is 70.9 cm³/mol. The number of carbonyl (C=O) groups is 1. The molecule has 0 saturated heterocycles. The van der Waals surface area contributed by atoms with Crippen LogP contribution >= 0.6 is 0 Å². The van der Waals surface area contributed by atoms with Crippen molar-refractivity contribution >= 4 is 6.09 Å². The molecule has 0 radical (unpaired) electrons. The van der Waals surface area contributed by atoms with Crippen LogP contribution in [0.2, 0.25) is 0 Å². The number of hydrogen-bond acceptors (Lipinski definition) is 3. The summed E-state index contributed by atoms with van der Waals surface area (Å²) >= 11 is 0. The molecule has 0 aromatic rings. The van der Waals surface area contributed by atoms with Crippen molar-refractivity contribution in [1.29, 1.82) is 0 Å². The van der Waals surface area contributed by atoms with Crippen LogP contribution in [0.15, 0.2) is 0 Å². The van der Waals surface area contributed by atoms with Gasteiger partial charge in [-0.3, -0.25) is 0 Å². The molecule has 0 aromatic heterocycles. The third-order valence-corrected chi connectivity index (χ3v) is 2.48. The molecule has 0 bridgehead atoms. The normalized spacial score (nSPS) is 14.6. The molecule has 0 fully saturated rings. The summed E-state index contributed by atoms with van der Waals surface area (Å²) in [6.45, 7) is 13.6. The molecule has 0 spiro atoms. The highest BCUT2D eigenvalue weighted by Crippen LogP contribution is 2.16. The second kappa shape index (κ2) is 5.71. The number of ether oxygens (including phenoxy) is 1. The average molecular weight is 244 g/mol. The van der Waals surface area contributed by atoms with Crippen LogP contribution < -0.4 is 11.1 Å². The van der Waals surface area contributed by atoms with Crippen LogP contribution in [0.1, 0.15) is 54.9 Å². The SMILES string of the molecule is CC(C)CC(N)C(C)(C)NC(=O)OC(C)(C)C. The topological polar surface area (TPSA) is 64.3 Å². The van der Waals surface area contributed by atoms with Crippen molar-refractivity contribution in [2.45, 2.75) is 72.1 Å². The number of amides is 1. The second-order valence-corrected chi connectivity index (χ2v) is 6.58. The zero-order chi connectivity index (χ0) is 13.9. The fourth-order valence-corrected chi connectivity index (χ4v) is 1.46. The molecule has 102 valence electrons. The highest BCUT2D eigenvalue weighted by molar-refractivity contribution is 5.68. The van der Waals surface area contributed by atoms with Gasteiger partial charge in [0.1, 0.15) is 5.60 Å². The van der Waals surface area contributed by atoms with E-state index in [-0.39, 0.29) is 6.04 Å². The van der Waals surface area contributed by atoms with Crippen LogP contribution in [0.4, 0.5) is 4.79 Å². The maximum Gasteiger partial charge on any atom is 0.408 e. The van der Waals surface area contributed by atoms with E-state index in [0.29, 0.717) is 5.92 Å². The fourth-order valence-electron chi connectivity index (χ4n) is 1.46. The van der Waals surface area contributed by atoms with E-state index in [1.54, 1.807) is 0 Å². The summed E-state index contributed by atoms with van der Waals surface area (Å²) in [4.78, 5) is 11.7. The highest BCUT2D eigenvalue weighted by atomic mass is 16.6. The molecule has 0 rings (SSSR count). The molecular weight excluding hydrogens is 216 g/mol. The van der Waals surface area contributed by atoms with Crippen molar-refractivity contribution < 1.29 is 9.53 Å². The van der Waals surface area contributed by atoms with Crippen molar-refractivity contribution in [3.63, 3.8) is 0 Å². The lowest BCUT2D eigenvalue weighted by atomic mass is 9.89. The van der Waals surface area contributed by atoms with Crippen molar-refractivity contribution in [1.82, 2.24) is 5.32 Å². The monoisotopic (exact) mass is 244 g/mol. The first-order valence-corrected chi connectivity index (χ1v) is 6.21. The Morgan fingerprint density at radius 2 is 1.71 bits per heavy atom. The van der Waals surface area contributed by atoms with Crippen molar-refractivity contribution in [3.8, 4) is 0 Å². The molecule has 0 aliphatic heterocycles. The zero-order valence-electron chi connectivity index (χ0n) is 12.3. The molecule has 0 aliphatic carbocycles. The minimum absolute atomic E-state index is 0.0879. The highest BCUT2D eigenvalue weighted by Gasteiger charge is 2.30. The van der Waals surface area contributed by atoms with Gasteiger partial charge in [0, 0.05) is 6.04 Å². The van der Waals surface area contributed by atoms with E-state index >= 15 is 0 Å². The Kier molecular flexibility index (Phi) is 5.46. The molecule has 1 unspecified atom stereocenters. The number of carbonyl (C=O) groups excluding carboxylic acids is 1. The van der Waals surface area contributed by atoms with Gasteiger partial charge in [-0.05, 0) is 47.0 Å². The smallest absolute Gasteiger partial charge is 0.408 e. The summed E-state index contributed by atoms with van der Waals surface area (Å²) in [7, 11) is 0. The summed E-state index contributed by atoms with van der Waals surface area (Å²) in [5.41, 5.74) is 5.14. The summed E-state index contributed by atoms with van der Waals surface area (Å²) < 4.78 is 5.22. The minimum atomic E-state index is -0.484. The average Bonchev–Trinajstić information content (AvgIpc) is 1.96. The van der Waals surface area contributed by atoms with Crippen molar-refractivity contribution in [3.05, 3.63) is 0 Å². The number of hydrogen-bond donors (Lipinski definition) is 2. The Morgan fingerprint density at radius 1 is 1.24 bits per heavy atom. The standard InChI is InChI=1S/C13H28N2O2/c1-9(2)8-10(14)13(6,7)15-11(16)17-12(3,4)5/h9-10H,8,14H2,1-7H3,(H,15,16). The summed E-state index contributed by atoms with van der Waals surface area (Å²) in [6.07, 6.45) is 0.449. The molecule has 1 atom stereocenters. The van der Waals surface area contributed by atoms with E-state index < -0.39 is 17.2 Å². The van der Waals surface area contributed by atoms with E-state index in [4.69, 9.17) is 10.5 Å². The lowest BCUT2D eigenvalue weighted by Gasteiger charge is -2.34. The second-order valence-electron chi connectivity index (χ2n) is 6.58. The lowest BCUT2D eigenvalue weighted by molar-refractivity contribution is 0.0453. The summed E-state index contributed by atoms with van der Waals surface area (Å²) in [5, 5.41) is 2.83. The Hall–Kier alpha value is -0.770. The predicted octanol–water partition coefficient (Wildman–Crippen LogP) is 2.66. The van der Waals surface area contributed by atoms with Gasteiger partial charge in [0.05, 0.1) is 5.54 Å². The minimum Gasteiger partial charge on any atom is -0.444 e. The zero-order valence-corrected chi connectivity index (χ0v) is 12.3. The van der Waals surface area contributed by atoms with Crippen LogP contribution in [0.5, 0.6) is 0 Å². The van der Waals surface area contributed by atoms with Crippen LogP contribution in [0.25, 0.3) is 0 Å². The molecule has 0 saturated carbocycles. The fraction of sp³-hybridized carbons (Fsp3) is 0.923. The largest absolute Gasteiger partial charge is 0.444 e. The molecule has 1 amide bonds. The van der Waals surface area contributed by atoms with Crippen LogP contribution in [-0.2, 0) is 4.74 Å². The van der Waals surface area contributed by atoms with Gasteiger partial charge in [-0.2, -0.15) is 0 Å². The Morgan fingerprint density at radius 3 is 2.06 bits per heavy atom. The summed E-state index contributed by atoms with van der Waals surface area (Å²) in [6, 6.07) is -0.0879. The van der Waals surface area contributed by atoms with Gasteiger partial charge in [0.15, 0.2) is 0 Å². The van der Waals surface area contributed by atoms with E-state index in [2.05, 4.69) is 19.2 Å². The molecule has 3 N–H and O–H groups in total. The van der Waals surface area contributed by atoms with Crippen LogP contribution in [-0.4, -0.2) is 23.3 Å². The van der Waals surface area contributed by atoms with Crippen molar-refractivity contribution in [2.75, 3.05) is 0 Å². The molecule has 0 heterocycles. The quantitative estimate of drug-likeness (QED) is 0.799. The van der Waals surface area contributed by atoms with Gasteiger partial charge in [0.25, 0.3) is 0 Å². The number of nitrogens with two attached hydrogens (primary N) is 1. The number of nitrogens with one attached hydrogen (secondary N) is 1. The Bertz CT molecular complexity index is 255. The van der Waals surface area contributed by atoms with Crippen LogP contribution in [0, 0.1) is 5.92 Å².